The zero-order valence-corrected chi connectivity index (χ0v) is 12.8. The lowest BCUT2D eigenvalue weighted by atomic mass is 10.1. The van der Waals surface area contributed by atoms with Gasteiger partial charge in [-0.2, -0.15) is 0 Å². The van der Waals surface area contributed by atoms with Crippen molar-refractivity contribution in [3.63, 3.8) is 0 Å². The summed E-state index contributed by atoms with van der Waals surface area (Å²) in [4.78, 5) is 26.6. The van der Waals surface area contributed by atoms with E-state index in [4.69, 9.17) is 0 Å². The van der Waals surface area contributed by atoms with Crippen molar-refractivity contribution in [3.05, 3.63) is 70.2 Å². The number of anilines is 1. The number of fused-ring (bicyclic) bond motifs is 1. The van der Waals surface area contributed by atoms with Gasteiger partial charge in [-0.3, -0.25) is 10.1 Å². The van der Waals surface area contributed by atoms with Crippen LogP contribution in [-0.2, 0) is 11.3 Å². The number of aromatic nitrogens is 2. The van der Waals surface area contributed by atoms with E-state index < -0.39 is 10.9 Å². The molecule has 0 aliphatic carbocycles. The number of rotatable bonds is 5. The van der Waals surface area contributed by atoms with E-state index in [1.807, 2.05) is 35.0 Å². The van der Waals surface area contributed by atoms with E-state index in [0.29, 0.717) is 12.2 Å². The number of esters is 1. The molecule has 3 rings (SSSR count). The standard InChI is InChI=1S/C16H14N4O4/c1-24-16(21)11-5-6-13(14(8-11)20(22)23)17-9-12-10-19-7-3-2-4-15(19)18-12/h2-8,10,17H,9H2,1H3. The van der Waals surface area contributed by atoms with E-state index >= 15 is 0 Å². The Bertz CT molecular complexity index is 886. The number of nitrogens with zero attached hydrogens (tertiary/aromatic N) is 3. The van der Waals surface area contributed by atoms with Gasteiger partial charge in [0.05, 0.1) is 29.8 Å². The van der Waals surface area contributed by atoms with Crippen LogP contribution in [0.15, 0.2) is 48.8 Å². The van der Waals surface area contributed by atoms with Crippen molar-refractivity contribution in [2.24, 2.45) is 0 Å². The highest BCUT2D eigenvalue weighted by atomic mass is 16.6. The number of benzene rings is 1. The van der Waals surface area contributed by atoms with E-state index in [9.17, 15) is 14.9 Å². The van der Waals surface area contributed by atoms with Crippen LogP contribution in [0, 0.1) is 10.1 Å². The van der Waals surface area contributed by atoms with E-state index in [2.05, 4.69) is 15.0 Å². The first-order valence-electron chi connectivity index (χ1n) is 7.11. The average molecular weight is 326 g/mol. The largest absolute Gasteiger partial charge is 0.465 e. The first-order chi connectivity index (χ1) is 11.6. The summed E-state index contributed by atoms with van der Waals surface area (Å²) in [5.41, 5.74) is 1.78. The number of methoxy groups -OCH3 is 1. The van der Waals surface area contributed by atoms with Crippen LogP contribution in [0.5, 0.6) is 0 Å². The molecule has 0 unspecified atom stereocenters. The second-order valence-corrected chi connectivity index (χ2v) is 5.03. The number of imidazole rings is 1. The van der Waals surface area contributed by atoms with Crippen LogP contribution in [0.2, 0.25) is 0 Å². The normalized spacial score (nSPS) is 10.5. The second kappa shape index (κ2) is 6.37. The first-order valence-corrected chi connectivity index (χ1v) is 7.11. The van der Waals surface area contributed by atoms with Crippen molar-refractivity contribution in [3.8, 4) is 0 Å². The van der Waals surface area contributed by atoms with Crippen molar-refractivity contribution < 1.29 is 14.5 Å². The van der Waals surface area contributed by atoms with Gasteiger partial charge >= 0.3 is 5.97 Å². The molecule has 8 heteroatoms. The molecule has 24 heavy (non-hydrogen) atoms. The van der Waals surface area contributed by atoms with Crippen LogP contribution in [0.1, 0.15) is 16.1 Å². The minimum absolute atomic E-state index is 0.127. The van der Waals surface area contributed by atoms with Crippen LogP contribution in [0.25, 0.3) is 5.65 Å². The fourth-order valence-electron chi connectivity index (χ4n) is 2.34. The van der Waals surface area contributed by atoms with Gasteiger partial charge in [0.25, 0.3) is 5.69 Å². The predicted molar refractivity (Wildman–Crippen MR) is 87.0 cm³/mol. The Morgan fingerprint density at radius 3 is 2.92 bits per heavy atom. The summed E-state index contributed by atoms with van der Waals surface area (Å²) in [5.74, 6) is -0.620. The molecular weight excluding hydrogens is 312 g/mol. The Kier molecular flexibility index (Phi) is 4.11. The SMILES string of the molecule is COC(=O)c1ccc(NCc2cn3ccccc3n2)c([N+](=O)[O-])c1. The molecule has 1 N–H and O–H groups in total. The summed E-state index contributed by atoms with van der Waals surface area (Å²) in [6, 6.07) is 9.80. The molecule has 8 nitrogen and oxygen atoms in total. The monoisotopic (exact) mass is 326 g/mol. The molecule has 122 valence electrons. The number of nitro benzene ring substituents is 1. The third kappa shape index (κ3) is 3.02. The van der Waals surface area contributed by atoms with Gasteiger partial charge in [-0.15, -0.1) is 0 Å². The van der Waals surface area contributed by atoms with Gasteiger partial charge in [0, 0.05) is 18.5 Å². The lowest BCUT2D eigenvalue weighted by Gasteiger charge is -2.07. The van der Waals surface area contributed by atoms with Gasteiger partial charge in [0.2, 0.25) is 0 Å². The molecule has 1 aromatic carbocycles. The molecule has 0 saturated heterocycles. The minimum atomic E-state index is -0.620. The van der Waals surface area contributed by atoms with E-state index in [1.165, 1.54) is 25.3 Å². The Labute approximate surface area is 136 Å². The maximum atomic E-state index is 11.5. The van der Waals surface area contributed by atoms with Crippen LogP contribution < -0.4 is 5.32 Å². The third-order valence-corrected chi connectivity index (χ3v) is 3.49. The van der Waals surface area contributed by atoms with Crippen molar-refractivity contribution in [1.29, 1.82) is 0 Å². The molecule has 0 radical (unpaired) electrons. The van der Waals surface area contributed by atoms with E-state index in [1.54, 1.807) is 0 Å². The Morgan fingerprint density at radius 1 is 1.38 bits per heavy atom. The van der Waals surface area contributed by atoms with Crippen molar-refractivity contribution in [1.82, 2.24) is 9.38 Å². The molecule has 2 heterocycles. The molecule has 0 atom stereocenters. The first kappa shape index (κ1) is 15.5. The van der Waals surface area contributed by atoms with Crippen molar-refractivity contribution in [2.45, 2.75) is 6.54 Å². The third-order valence-electron chi connectivity index (χ3n) is 3.49. The smallest absolute Gasteiger partial charge is 0.338 e. The lowest BCUT2D eigenvalue weighted by molar-refractivity contribution is -0.384. The molecule has 2 aromatic heterocycles. The number of hydrogen-bond acceptors (Lipinski definition) is 6. The summed E-state index contributed by atoms with van der Waals surface area (Å²) in [7, 11) is 1.23. The highest BCUT2D eigenvalue weighted by molar-refractivity contribution is 5.91. The van der Waals surface area contributed by atoms with Crippen LogP contribution in [0.4, 0.5) is 11.4 Å². The number of pyridine rings is 1. The minimum Gasteiger partial charge on any atom is -0.465 e. The second-order valence-electron chi connectivity index (χ2n) is 5.03. The summed E-state index contributed by atoms with van der Waals surface area (Å²) < 4.78 is 6.45. The quantitative estimate of drug-likeness (QED) is 0.439. The summed E-state index contributed by atoms with van der Waals surface area (Å²) in [6.07, 6.45) is 3.72. The molecular formula is C16H14N4O4. The van der Waals surface area contributed by atoms with Gasteiger partial charge in [0.15, 0.2) is 0 Å². The summed E-state index contributed by atoms with van der Waals surface area (Å²) >= 11 is 0. The van der Waals surface area contributed by atoms with E-state index in [0.717, 1.165) is 11.3 Å². The zero-order valence-electron chi connectivity index (χ0n) is 12.8. The van der Waals surface area contributed by atoms with Gasteiger partial charge in [0.1, 0.15) is 11.3 Å². The summed E-state index contributed by atoms with van der Waals surface area (Å²) in [6.45, 7) is 0.320. The maximum absolute atomic E-state index is 11.5. The van der Waals surface area contributed by atoms with Gasteiger partial charge < -0.3 is 14.5 Å². The number of ether oxygens (including phenoxy) is 1. The van der Waals surface area contributed by atoms with Crippen LogP contribution in [-0.4, -0.2) is 27.4 Å². The van der Waals surface area contributed by atoms with Gasteiger partial charge in [-0.05, 0) is 24.3 Å². The Morgan fingerprint density at radius 2 is 2.21 bits per heavy atom. The number of carbonyl (C=O) groups is 1. The molecule has 0 amide bonds. The predicted octanol–water partition coefficient (Wildman–Crippen LogP) is 2.64. The molecule has 3 aromatic rings. The Hall–Kier alpha value is -3.42. The molecule has 0 saturated carbocycles. The molecule has 0 aliphatic rings. The number of carbonyl (C=O) groups excluding carboxylic acids is 1. The van der Waals surface area contributed by atoms with Crippen LogP contribution in [0.3, 0.4) is 0 Å². The average Bonchev–Trinajstić information content (AvgIpc) is 3.02. The number of hydrogen-bond donors (Lipinski definition) is 1. The fourth-order valence-corrected chi connectivity index (χ4v) is 2.34. The highest BCUT2D eigenvalue weighted by Crippen LogP contribution is 2.26. The topological polar surface area (TPSA) is 98.8 Å². The maximum Gasteiger partial charge on any atom is 0.338 e. The number of nitro groups is 1. The molecule has 0 bridgehead atoms. The molecule has 0 aliphatic heterocycles. The highest BCUT2D eigenvalue weighted by Gasteiger charge is 2.18. The van der Waals surface area contributed by atoms with Crippen molar-refractivity contribution in [2.75, 3.05) is 12.4 Å². The van der Waals surface area contributed by atoms with Gasteiger partial charge in [-0.25, -0.2) is 9.78 Å². The van der Waals surface area contributed by atoms with E-state index in [-0.39, 0.29) is 11.3 Å². The summed E-state index contributed by atoms with van der Waals surface area (Å²) in [5, 5.41) is 14.2. The van der Waals surface area contributed by atoms with Crippen molar-refractivity contribution >= 4 is 23.0 Å². The molecule has 0 fully saturated rings. The Balaban J connectivity index is 1.83. The zero-order chi connectivity index (χ0) is 17.1. The molecule has 0 spiro atoms. The van der Waals surface area contributed by atoms with Gasteiger partial charge in [-0.1, -0.05) is 6.07 Å². The lowest BCUT2D eigenvalue weighted by Crippen LogP contribution is -2.06. The number of nitrogens with one attached hydrogen (secondary N) is 1. The fraction of sp³-hybridized carbons (Fsp3) is 0.125. The van der Waals surface area contributed by atoms with Crippen LogP contribution >= 0.6 is 0 Å².